The Morgan fingerprint density at radius 1 is 1.25 bits per heavy atom. The van der Waals surface area contributed by atoms with Crippen LogP contribution in [0.3, 0.4) is 0 Å². The largest absolute Gasteiger partial charge is 0.507 e. The molecule has 0 heterocycles. The maximum Gasteiger partial charge on any atom is 0.491 e. The Hall–Kier alpha value is -1.98. The zero-order valence-electron chi connectivity index (χ0n) is 11.4. The molecule has 3 nitrogen and oxygen atoms in total. The quantitative estimate of drug-likeness (QED) is 0.526. The maximum atomic E-state index is 12.3. The van der Waals surface area contributed by atoms with Crippen LogP contribution in [0.15, 0.2) is 12.7 Å². The Labute approximate surface area is 114 Å². The molecule has 0 atom stereocenters. The van der Waals surface area contributed by atoms with E-state index in [1.54, 1.807) is 6.92 Å². The minimum atomic E-state index is -5.07. The second-order valence-electron chi connectivity index (χ2n) is 4.41. The van der Waals surface area contributed by atoms with Gasteiger partial charge in [-0.25, -0.2) is 4.79 Å². The number of phenolic OH excluding ortho intramolecular Hbond substituents is 1. The van der Waals surface area contributed by atoms with Gasteiger partial charge >= 0.3 is 12.1 Å². The molecule has 0 bridgehead atoms. The number of aromatic hydroxyl groups is 1. The van der Waals surface area contributed by atoms with Gasteiger partial charge in [0, 0.05) is 5.56 Å². The van der Waals surface area contributed by atoms with Crippen LogP contribution in [0, 0.1) is 20.8 Å². The summed E-state index contributed by atoms with van der Waals surface area (Å²) < 4.78 is 41.3. The number of alkyl halides is 3. The molecule has 0 aliphatic heterocycles. The minimum absolute atomic E-state index is 0.0216. The lowest BCUT2D eigenvalue weighted by Crippen LogP contribution is -2.28. The average Bonchev–Trinajstić information content (AvgIpc) is 2.36. The lowest BCUT2D eigenvalue weighted by Gasteiger charge is -2.18. The molecule has 1 N–H and O–H groups in total. The summed E-state index contributed by atoms with van der Waals surface area (Å²) in [6.45, 7) is 8.04. The highest BCUT2D eigenvalue weighted by Gasteiger charge is 2.42. The molecule has 110 valence electrons. The van der Waals surface area contributed by atoms with Gasteiger partial charge in [0.25, 0.3) is 0 Å². The van der Waals surface area contributed by atoms with Crippen molar-refractivity contribution in [3.63, 3.8) is 0 Å². The van der Waals surface area contributed by atoms with Gasteiger partial charge in [-0.3, -0.25) is 0 Å². The van der Waals surface area contributed by atoms with Crippen molar-refractivity contribution in [1.82, 2.24) is 0 Å². The SMILES string of the molecule is C=CCc1c(C)c(OC(=O)C(F)(F)F)c(C)c(C)c1O. The zero-order valence-corrected chi connectivity index (χ0v) is 11.4. The van der Waals surface area contributed by atoms with Crippen molar-refractivity contribution >= 4 is 5.97 Å². The molecule has 0 aromatic heterocycles. The molecule has 0 aliphatic rings. The Kier molecular flexibility index (Phi) is 4.47. The molecule has 0 saturated carbocycles. The van der Waals surface area contributed by atoms with Gasteiger partial charge < -0.3 is 9.84 Å². The Morgan fingerprint density at radius 2 is 1.80 bits per heavy atom. The van der Waals surface area contributed by atoms with Gasteiger partial charge in [0.05, 0.1) is 0 Å². The summed E-state index contributed by atoms with van der Waals surface area (Å²) in [6.07, 6.45) is -3.30. The number of esters is 1. The molecule has 0 radical (unpaired) electrons. The highest BCUT2D eigenvalue weighted by atomic mass is 19.4. The highest BCUT2D eigenvalue weighted by Crippen LogP contribution is 2.38. The van der Waals surface area contributed by atoms with Crippen LogP contribution in [-0.4, -0.2) is 17.3 Å². The third-order valence-corrected chi connectivity index (χ3v) is 3.11. The van der Waals surface area contributed by atoms with Gasteiger partial charge in [0.15, 0.2) is 0 Å². The number of carbonyl (C=O) groups is 1. The molecule has 0 fully saturated rings. The first-order valence-electron chi connectivity index (χ1n) is 5.82. The second-order valence-corrected chi connectivity index (χ2v) is 4.41. The lowest BCUT2D eigenvalue weighted by atomic mass is 9.95. The first kappa shape index (κ1) is 16.1. The monoisotopic (exact) mass is 288 g/mol. The van der Waals surface area contributed by atoms with Gasteiger partial charge in [0.2, 0.25) is 0 Å². The second kappa shape index (κ2) is 5.56. The highest BCUT2D eigenvalue weighted by molar-refractivity contribution is 5.79. The van der Waals surface area contributed by atoms with E-state index >= 15 is 0 Å². The van der Waals surface area contributed by atoms with Crippen LogP contribution in [0.25, 0.3) is 0 Å². The predicted octanol–water partition coefficient (Wildman–Crippen LogP) is 3.51. The molecule has 20 heavy (non-hydrogen) atoms. The van der Waals surface area contributed by atoms with E-state index in [2.05, 4.69) is 11.3 Å². The van der Waals surface area contributed by atoms with Gasteiger partial charge in [0.1, 0.15) is 11.5 Å². The predicted molar refractivity (Wildman–Crippen MR) is 67.9 cm³/mol. The number of allylic oxidation sites excluding steroid dienone is 1. The van der Waals surface area contributed by atoms with Gasteiger partial charge in [-0.05, 0) is 43.9 Å². The van der Waals surface area contributed by atoms with Crippen LogP contribution < -0.4 is 4.74 Å². The molecular formula is C14H15F3O3. The smallest absolute Gasteiger partial charge is 0.491 e. The van der Waals surface area contributed by atoms with E-state index in [0.29, 0.717) is 22.3 Å². The number of rotatable bonds is 3. The molecule has 1 rings (SSSR count). The van der Waals surface area contributed by atoms with Crippen molar-refractivity contribution in [2.24, 2.45) is 0 Å². The van der Waals surface area contributed by atoms with Crippen LogP contribution in [0.2, 0.25) is 0 Å². The number of hydrogen-bond donors (Lipinski definition) is 1. The lowest BCUT2D eigenvalue weighted by molar-refractivity contribution is -0.189. The molecule has 0 spiro atoms. The molecule has 6 heteroatoms. The average molecular weight is 288 g/mol. The van der Waals surface area contributed by atoms with E-state index in [1.165, 1.54) is 19.9 Å². The summed E-state index contributed by atoms with van der Waals surface area (Å²) in [6, 6.07) is 0. The van der Waals surface area contributed by atoms with Crippen molar-refractivity contribution in [3.05, 3.63) is 34.9 Å². The standard InChI is InChI=1S/C14H15F3O3/c1-5-6-10-9(4)12(8(3)7(2)11(10)18)20-13(19)14(15,16)17/h5,18H,1,6H2,2-4H3. The zero-order chi connectivity index (χ0) is 15.7. The number of ether oxygens (including phenoxy) is 1. The molecule has 0 saturated heterocycles. The first-order valence-corrected chi connectivity index (χ1v) is 5.82. The Bertz CT molecular complexity index is 560. The maximum absolute atomic E-state index is 12.3. The van der Waals surface area contributed by atoms with Crippen LogP contribution >= 0.6 is 0 Å². The molecular weight excluding hydrogens is 273 g/mol. The van der Waals surface area contributed by atoms with E-state index in [0.717, 1.165) is 0 Å². The Morgan fingerprint density at radius 3 is 2.25 bits per heavy atom. The summed E-state index contributed by atoms with van der Waals surface area (Å²) in [5, 5.41) is 10.00. The van der Waals surface area contributed by atoms with Crippen LogP contribution in [0.5, 0.6) is 11.5 Å². The third-order valence-electron chi connectivity index (χ3n) is 3.11. The van der Waals surface area contributed by atoms with Crippen molar-refractivity contribution in [3.8, 4) is 11.5 Å². The number of phenols is 1. The molecule has 1 aromatic carbocycles. The van der Waals surface area contributed by atoms with E-state index < -0.39 is 12.1 Å². The van der Waals surface area contributed by atoms with E-state index in [1.807, 2.05) is 0 Å². The van der Waals surface area contributed by atoms with E-state index in [9.17, 15) is 23.1 Å². The fourth-order valence-corrected chi connectivity index (χ4v) is 1.87. The Balaban J connectivity index is 3.40. The molecule has 1 aromatic rings. The van der Waals surface area contributed by atoms with Crippen LogP contribution in [0.1, 0.15) is 22.3 Å². The number of benzene rings is 1. The fourth-order valence-electron chi connectivity index (χ4n) is 1.87. The van der Waals surface area contributed by atoms with E-state index in [4.69, 9.17) is 0 Å². The van der Waals surface area contributed by atoms with E-state index in [-0.39, 0.29) is 17.9 Å². The normalized spacial score (nSPS) is 11.3. The van der Waals surface area contributed by atoms with Crippen molar-refractivity contribution in [2.75, 3.05) is 0 Å². The van der Waals surface area contributed by atoms with Gasteiger partial charge in [-0.2, -0.15) is 13.2 Å². The van der Waals surface area contributed by atoms with Crippen LogP contribution in [-0.2, 0) is 11.2 Å². The summed E-state index contributed by atoms with van der Waals surface area (Å²) >= 11 is 0. The number of hydrogen-bond acceptors (Lipinski definition) is 3. The fraction of sp³-hybridized carbons (Fsp3) is 0.357. The third kappa shape index (κ3) is 2.95. The summed E-state index contributed by atoms with van der Waals surface area (Å²) in [5.41, 5.74) is 1.36. The number of carbonyl (C=O) groups excluding carboxylic acids is 1. The van der Waals surface area contributed by atoms with Gasteiger partial charge in [-0.1, -0.05) is 6.08 Å². The van der Waals surface area contributed by atoms with Crippen molar-refractivity contribution in [1.29, 1.82) is 0 Å². The van der Waals surface area contributed by atoms with Crippen LogP contribution in [0.4, 0.5) is 13.2 Å². The number of halogens is 3. The minimum Gasteiger partial charge on any atom is -0.507 e. The van der Waals surface area contributed by atoms with Crippen molar-refractivity contribution in [2.45, 2.75) is 33.4 Å². The van der Waals surface area contributed by atoms with Crippen molar-refractivity contribution < 1.29 is 27.8 Å². The molecule has 0 unspecified atom stereocenters. The molecule has 0 amide bonds. The summed E-state index contributed by atoms with van der Waals surface area (Å²) in [4.78, 5) is 11.0. The first-order chi connectivity index (χ1) is 9.11. The van der Waals surface area contributed by atoms with Gasteiger partial charge in [-0.15, -0.1) is 6.58 Å². The topological polar surface area (TPSA) is 46.5 Å². The summed E-state index contributed by atoms with van der Waals surface area (Å²) in [5.74, 6) is -2.47. The molecule has 0 aliphatic carbocycles. The summed E-state index contributed by atoms with van der Waals surface area (Å²) in [7, 11) is 0.